The molecule has 0 aliphatic carbocycles. The van der Waals surface area contributed by atoms with E-state index in [1.165, 1.54) is 0 Å². The number of nitrogens with zero attached hydrogens (tertiary/aromatic N) is 1. The molecular weight excluding hydrogens is 355 g/mol. The molecule has 2 rings (SSSR count). The van der Waals surface area contributed by atoms with Crippen molar-refractivity contribution >= 4 is 37.1 Å². The van der Waals surface area contributed by atoms with Crippen LogP contribution in [0.5, 0.6) is 0 Å². The average Bonchev–Trinajstić information content (AvgIpc) is 2.69. The Morgan fingerprint density at radius 1 is 1.50 bits per heavy atom. The lowest BCUT2D eigenvalue weighted by Gasteiger charge is -2.12. The van der Waals surface area contributed by atoms with Crippen LogP contribution in [0.2, 0.25) is 0 Å². The van der Waals surface area contributed by atoms with E-state index in [9.17, 15) is 22.9 Å². The smallest absolute Gasteiger partial charge is 0.293 e. The lowest BCUT2D eigenvalue weighted by molar-refractivity contribution is -0.384. The molecule has 110 valence electrons. The third kappa shape index (κ3) is 3.09. The van der Waals surface area contributed by atoms with Crippen molar-refractivity contribution in [2.75, 3.05) is 17.6 Å². The fourth-order valence-electron chi connectivity index (χ4n) is 2.14. The lowest BCUT2D eigenvalue weighted by atomic mass is 10.2. The third-order valence-corrected chi connectivity index (χ3v) is 6.10. The van der Waals surface area contributed by atoms with E-state index in [1.807, 2.05) is 0 Å². The van der Waals surface area contributed by atoms with Crippen LogP contribution in [-0.2, 0) is 9.84 Å². The molecule has 1 atom stereocenters. The normalized spacial score (nSPS) is 20.8. The highest BCUT2D eigenvalue weighted by Crippen LogP contribution is 2.31. The minimum absolute atomic E-state index is 0.0109. The SMILES string of the molecule is O=[N+]([O-])c1cc(Br)c(F)cc1NCC1CCCS1(=O)=O. The zero-order valence-corrected chi connectivity index (χ0v) is 12.7. The Hall–Kier alpha value is -1.22. The molecule has 1 saturated heterocycles. The highest BCUT2D eigenvalue weighted by molar-refractivity contribution is 9.10. The standard InChI is InChI=1S/C11H12BrFN2O4S/c12-8-4-11(15(16)17)10(5-9(8)13)14-6-7-2-1-3-20(7,18)19/h4-5,7,14H,1-3,6H2. The molecule has 20 heavy (non-hydrogen) atoms. The Balaban J connectivity index is 2.21. The molecule has 0 radical (unpaired) electrons. The summed E-state index contributed by atoms with van der Waals surface area (Å²) in [6.07, 6.45) is 1.10. The van der Waals surface area contributed by atoms with E-state index < -0.39 is 25.8 Å². The first-order valence-corrected chi connectivity index (χ1v) is 8.41. The molecule has 1 aromatic carbocycles. The second-order valence-corrected chi connectivity index (χ2v) is 7.81. The maximum absolute atomic E-state index is 13.4. The largest absolute Gasteiger partial charge is 0.378 e. The molecule has 1 unspecified atom stereocenters. The van der Waals surface area contributed by atoms with E-state index in [1.54, 1.807) is 0 Å². The van der Waals surface area contributed by atoms with E-state index in [-0.39, 0.29) is 28.1 Å². The summed E-state index contributed by atoms with van der Waals surface area (Å²) < 4.78 is 36.8. The van der Waals surface area contributed by atoms with E-state index in [0.717, 1.165) is 12.1 Å². The van der Waals surface area contributed by atoms with Gasteiger partial charge in [-0.25, -0.2) is 12.8 Å². The van der Waals surface area contributed by atoms with Crippen molar-refractivity contribution in [2.45, 2.75) is 18.1 Å². The molecule has 1 aliphatic rings. The van der Waals surface area contributed by atoms with Gasteiger partial charge in [0.25, 0.3) is 5.69 Å². The summed E-state index contributed by atoms with van der Waals surface area (Å²) in [7, 11) is -3.14. The van der Waals surface area contributed by atoms with Gasteiger partial charge in [-0.2, -0.15) is 0 Å². The summed E-state index contributed by atoms with van der Waals surface area (Å²) in [6, 6.07) is 2.05. The average molecular weight is 367 g/mol. The number of halogens is 2. The first-order chi connectivity index (χ1) is 9.31. The molecule has 1 aliphatic heterocycles. The van der Waals surface area contributed by atoms with Crippen LogP contribution in [0.15, 0.2) is 16.6 Å². The molecule has 1 aromatic rings. The molecule has 9 heteroatoms. The van der Waals surface area contributed by atoms with Gasteiger partial charge in [0.05, 0.1) is 20.4 Å². The van der Waals surface area contributed by atoms with Gasteiger partial charge in [-0.05, 0) is 28.8 Å². The van der Waals surface area contributed by atoms with Crippen molar-refractivity contribution in [3.63, 3.8) is 0 Å². The number of hydrogen-bond acceptors (Lipinski definition) is 5. The van der Waals surface area contributed by atoms with Crippen LogP contribution in [0.3, 0.4) is 0 Å². The maximum atomic E-state index is 13.4. The number of nitro groups is 1. The van der Waals surface area contributed by atoms with Gasteiger partial charge in [0.15, 0.2) is 9.84 Å². The minimum atomic E-state index is -3.14. The van der Waals surface area contributed by atoms with Crippen molar-refractivity contribution in [3.05, 3.63) is 32.5 Å². The summed E-state index contributed by atoms with van der Waals surface area (Å²) in [4.78, 5) is 10.3. The summed E-state index contributed by atoms with van der Waals surface area (Å²) in [5, 5.41) is 13.0. The molecular formula is C11H12BrFN2O4S. The number of anilines is 1. The molecule has 0 amide bonds. The quantitative estimate of drug-likeness (QED) is 0.652. The topological polar surface area (TPSA) is 89.3 Å². The Bertz CT molecular complexity index is 650. The minimum Gasteiger partial charge on any atom is -0.378 e. The highest BCUT2D eigenvalue weighted by atomic mass is 79.9. The van der Waals surface area contributed by atoms with Crippen LogP contribution in [0, 0.1) is 15.9 Å². The van der Waals surface area contributed by atoms with Crippen LogP contribution >= 0.6 is 15.9 Å². The van der Waals surface area contributed by atoms with Crippen molar-refractivity contribution in [1.29, 1.82) is 0 Å². The van der Waals surface area contributed by atoms with Gasteiger partial charge in [0.2, 0.25) is 0 Å². The monoisotopic (exact) mass is 366 g/mol. The van der Waals surface area contributed by atoms with Gasteiger partial charge in [0.1, 0.15) is 11.5 Å². The van der Waals surface area contributed by atoms with Gasteiger partial charge in [-0.3, -0.25) is 10.1 Å². The number of rotatable bonds is 4. The van der Waals surface area contributed by atoms with E-state index in [4.69, 9.17) is 0 Å². The van der Waals surface area contributed by atoms with Crippen molar-refractivity contribution in [1.82, 2.24) is 0 Å². The van der Waals surface area contributed by atoms with E-state index >= 15 is 0 Å². The second-order valence-electron chi connectivity index (χ2n) is 4.55. The van der Waals surface area contributed by atoms with Crippen molar-refractivity contribution in [2.24, 2.45) is 0 Å². The van der Waals surface area contributed by atoms with Gasteiger partial charge in [-0.1, -0.05) is 0 Å². The van der Waals surface area contributed by atoms with Crippen molar-refractivity contribution < 1.29 is 17.7 Å². The number of nitro benzene ring substituents is 1. The van der Waals surface area contributed by atoms with Crippen LogP contribution in [0.4, 0.5) is 15.8 Å². The van der Waals surface area contributed by atoms with E-state index in [0.29, 0.717) is 12.8 Å². The molecule has 1 heterocycles. The first kappa shape index (κ1) is 15.2. The Labute approximate surface area is 123 Å². The summed E-state index contributed by atoms with van der Waals surface area (Å²) in [5.41, 5.74) is -0.313. The predicted octanol–water partition coefficient (Wildman–Crippen LogP) is 2.49. The van der Waals surface area contributed by atoms with Gasteiger partial charge < -0.3 is 5.32 Å². The highest BCUT2D eigenvalue weighted by Gasteiger charge is 2.31. The van der Waals surface area contributed by atoms with E-state index in [2.05, 4.69) is 21.2 Å². The number of sulfone groups is 1. The third-order valence-electron chi connectivity index (χ3n) is 3.22. The van der Waals surface area contributed by atoms with Gasteiger partial charge in [0, 0.05) is 18.7 Å². The lowest BCUT2D eigenvalue weighted by Crippen LogP contribution is -2.25. The van der Waals surface area contributed by atoms with Gasteiger partial charge >= 0.3 is 0 Å². The molecule has 0 bridgehead atoms. The fourth-order valence-corrected chi connectivity index (χ4v) is 4.24. The molecule has 0 aromatic heterocycles. The fraction of sp³-hybridized carbons (Fsp3) is 0.455. The van der Waals surface area contributed by atoms with Crippen LogP contribution in [0.1, 0.15) is 12.8 Å². The molecule has 0 saturated carbocycles. The Kier molecular flexibility index (Phi) is 4.28. The molecule has 6 nitrogen and oxygen atoms in total. The summed E-state index contributed by atoms with van der Waals surface area (Å²) in [6.45, 7) is 0.0459. The molecule has 0 spiro atoms. The summed E-state index contributed by atoms with van der Waals surface area (Å²) in [5.74, 6) is -0.511. The Morgan fingerprint density at radius 2 is 2.20 bits per heavy atom. The predicted molar refractivity (Wildman–Crippen MR) is 76.1 cm³/mol. The number of nitrogens with one attached hydrogen (secondary N) is 1. The second kappa shape index (κ2) is 5.65. The van der Waals surface area contributed by atoms with Crippen LogP contribution in [-0.4, -0.2) is 30.9 Å². The summed E-state index contributed by atoms with van der Waals surface area (Å²) >= 11 is 2.88. The van der Waals surface area contributed by atoms with Crippen LogP contribution < -0.4 is 5.32 Å². The van der Waals surface area contributed by atoms with Crippen molar-refractivity contribution in [3.8, 4) is 0 Å². The Morgan fingerprint density at radius 3 is 2.75 bits per heavy atom. The first-order valence-electron chi connectivity index (χ1n) is 5.90. The molecule has 1 fully saturated rings. The van der Waals surface area contributed by atoms with Gasteiger partial charge in [-0.15, -0.1) is 0 Å². The number of hydrogen-bond donors (Lipinski definition) is 1. The zero-order valence-electron chi connectivity index (χ0n) is 10.3. The maximum Gasteiger partial charge on any atom is 0.293 e. The number of benzene rings is 1. The van der Waals surface area contributed by atoms with Crippen LogP contribution in [0.25, 0.3) is 0 Å². The zero-order chi connectivity index (χ0) is 14.9. The molecule has 1 N–H and O–H groups in total.